The number of nitrogens with zero attached hydrogens (tertiary/aromatic N) is 3. The Morgan fingerprint density at radius 2 is 1.61 bits per heavy atom. The third-order valence-corrected chi connectivity index (χ3v) is 7.24. The van der Waals surface area contributed by atoms with E-state index in [0.29, 0.717) is 33.0 Å². The predicted octanol–water partition coefficient (Wildman–Crippen LogP) is 6.26. The van der Waals surface area contributed by atoms with Crippen molar-refractivity contribution in [3.8, 4) is 23.1 Å². The average Bonchev–Trinajstić information content (AvgIpc) is 3.02. The van der Waals surface area contributed by atoms with Gasteiger partial charge in [-0.1, -0.05) is 6.07 Å². The van der Waals surface area contributed by atoms with Gasteiger partial charge in [0.1, 0.15) is 22.9 Å². The minimum atomic E-state index is -4.95. The molecule has 0 aliphatic rings. The van der Waals surface area contributed by atoms with E-state index in [1.165, 1.54) is 52.5 Å². The van der Waals surface area contributed by atoms with Crippen molar-refractivity contribution in [2.75, 3.05) is 26.6 Å². The highest BCUT2D eigenvalue weighted by Gasteiger charge is 2.36. The molecule has 5 rings (SSSR count). The van der Waals surface area contributed by atoms with Crippen molar-refractivity contribution >= 4 is 22.5 Å². The molecule has 14 heteroatoms. The van der Waals surface area contributed by atoms with Gasteiger partial charge in [0.2, 0.25) is 5.88 Å². The molecule has 0 saturated heterocycles. The second-order valence-corrected chi connectivity index (χ2v) is 10.0. The number of anilines is 1. The molecule has 2 aromatic carbocycles. The predicted molar refractivity (Wildman–Crippen MR) is 158 cm³/mol. The Kier molecular flexibility index (Phi) is 8.64. The number of carbonyl (C=O) groups is 1. The number of fused-ring (bicyclic) bond motifs is 1. The summed E-state index contributed by atoms with van der Waals surface area (Å²) in [5.41, 5.74) is -2.72. The number of rotatable bonds is 8. The van der Waals surface area contributed by atoms with Crippen molar-refractivity contribution < 1.29 is 41.0 Å². The highest BCUT2D eigenvalue weighted by molar-refractivity contribution is 6.04. The van der Waals surface area contributed by atoms with E-state index in [2.05, 4.69) is 15.3 Å². The summed E-state index contributed by atoms with van der Waals surface area (Å²) in [6.45, 7) is 1.46. The van der Waals surface area contributed by atoms with Crippen molar-refractivity contribution in [2.45, 2.75) is 19.5 Å². The zero-order chi connectivity index (χ0) is 33.3. The SMILES string of the molecule is COc1cc(C)c(-n2c(C(F)(F)F)ccc(C(=O)Nc3ccc(Cc4c(F)cnc5cc(OC)c(OC)cc45)c(F)c3)c2=O)cn1. The maximum atomic E-state index is 15.3. The van der Waals surface area contributed by atoms with Crippen molar-refractivity contribution in [2.24, 2.45) is 0 Å². The van der Waals surface area contributed by atoms with Crippen LogP contribution in [0.15, 0.2) is 65.7 Å². The van der Waals surface area contributed by atoms with E-state index < -0.39 is 40.5 Å². The Balaban J connectivity index is 1.47. The van der Waals surface area contributed by atoms with Crippen LogP contribution in [0.5, 0.6) is 17.4 Å². The Bertz CT molecular complexity index is 2050. The Morgan fingerprint density at radius 3 is 2.24 bits per heavy atom. The Morgan fingerprint density at radius 1 is 0.891 bits per heavy atom. The molecule has 1 amide bonds. The van der Waals surface area contributed by atoms with E-state index in [1.54, 1.807) is 6.07 Å². The summed E-state index contributed by atoms with van der Waals surface area (Å²) >= 11 is 0. The summed E-state index contributed by atoms with van der Waals surface area (Å²) in [4.78, 5) is 34.4. The molecule has 3 heterocycles. The number of alkyl halides is 3. The van der Waals surface area contributed by atoms with Gasteiger partial charge in [0, 0.05) is 35.2 Å². The molecule has 0 aliphatic heterocycles. The standard InChI is InChI=1S/C32H25F5N4O5/c1-16-9-29(46-4)39-15-25(16)41-28(32(35,36)37)8-7-19(31(41)43)30(42)40-18-6-5-17(22(33)11-18)10-20-21-12-26(44-2)27(45-3)13-24(21)38-14-23(20)34/h5-9,11-15H,10H2,1-4H3,(H,40,42). The van der Waals surface area contributed by atoms with Crippen LogP contribution in [0, 0.1) is 18.6 Å². The number of nitrogens with one attached hydrogen (secondary N) is 1. The van der Waals surface area contributed by atoms with E-state index in [4.69, 9.17) is 14.2 Å². The van der Waals surface area contributed by atoms with Gasteiger partial charge in [0.15, 0.2) is 11.5 Å². The molecule has 0 atom stereocenters. The van der Waals surface area contributed by atoms with Crippen molar-refractivity contribution in [3.63, 3.8) is 0 Å². The van der Waals surface area contributed by atoms with Crippen LogP contribution in [0.25, 0.3) is 16.6 Å². The van der Waals surface area contributed by atoms with Crippen molar-refractivity contribution in [1.29, 1.82) is 0 Å². The lowest BCUT2D eigenvalue weighted by Gasteiger charge is -2.18. The summed E-state index contributed by atoms with van der Waals surface area (Å²) in [5.74, 6) is -1.76. The number of benzene rings is 2. The second-order valence-electron chi connectivity index (χ2n) is 10.0. The lowest BCUT2D eigenvalue weighted by atomic mass is 9.99. The molecule has 5 aromatic rings. The summed E-state index contributed by atoms with van der Waals surface area (Å²) in [7, 11) is 4.18. The number of aryl methyl sites for hydroxylation is 1. The number of hydrogen-bond acceptors (Lipinski definition) is 7. The number of methoxy groups -OCH3 is 3. The molecule has 0 spiro atoms. The van der Waals surface area contributed by atoms with Crippen LogP contribution in [-0.2, 0) is 12.6 Å². The summed E-state index contributed by atoms with van der Waals surface area (Å²) in [6.07, 6.45) is -3.10. The minimum absolute atomic E-state index is 0.0681. The van der Waals surface area contributed by atoms with Gasteiger partial charge in [-0.05, 0) is 48.4 Å². The van der Waals surface area contributed by atoms with Crippen LogP contribution >= 0.6 is 0 Å². The molecule has 0 saturated carbocycles. The number of aromatic nitrogens is 3. The molecule has 9 nitrogen and oxygen atoms in total. The van der Waals surface area contributed by atoms with Gasteiger partial charge in [0.05, 0.1) is 44.9 Å². The molecule has 0 radical (unpaired) electrons. The summed E-state index contributed by atoms with van der Waals surface area (Å²) < 4.78 is 87.9. The van der Waals surface area contributed by atoms with Crippen LogP contribution in [0.3, 0.4) is 0 Å². The molecular formula is C32H25F5N4O5. The first kappa shape index (κ1) is 31.9. The third-order valence-electron chi connectivity index (χ3n) is 7.24. The number of pyridine rings is 3. The fraction of sp³-hybridized carbons (Fsp3) is 0.188. The fourth-order valence-corrected chi connectivity index (χ4v) is 4.93. The maximum Gasteiger partial charge on any atom is 0.431 e. The van der Waals surface area contributed by atoms with E-state index in [1.807, 2.05) is 0 Å². The second kappa shape index (κ2) is 12.5. The summed E-state index contributed by atoms with van der Waals surface area (Å²) in [6, 6.07) is 9.37. The van der Waals surface area contributed by atoms with Gasteiger partial charge in [0.25, 0.3) is 11.5 Å². The lowest BCUT2D eigenvalue weighted by molar-refractivity contribution is -0.142. The molecular weight excluding hydrogens is 615 g/mol. The van der Waals surface area contributed by atoms with E-state index in [0.717, 1.165) is 24.5 Å². The van der Waals surface area contributed by atoms with Crippen LogP contribution in [0.1, 0.15) is 32.7 Å². The first-order valence-corrected chi connectivity index (χ1v) is 13.5. The smallest absolute Gasteiger partial charge is 0.431 e. The van der Waals surface area contributed by atoms with Crippen LogP contribution in [0.2, 0.25) is 0 Å². The highest BCUT2D eigenvalue weighted by Crippen LogP contribution is 2.35. The average molecular weight is 641 g/mol. The Labute approximate surface area is 258 Å². The monoisotopic (exact) mass is 640 g/mol. The van der Waals surface area contributed by atoms with Gasteiger partial charge in [-0.2, -0.15) is 13.2 Å². The summed E-state index contributed by atoms with van der Waals surface area (Å²) in [5, 5.41) is 2.72. The molecule has 3 aromatic heterocycles. The highest BCUT2D eigenvalue weighted by atomic mass is 19.4. The zero-order valence-electron chi connectivity index (χ0n) is 24.8. The third kappa shape index (κ3) is 6.05. The van der Waals surface area contributed by atoms with Gasteiger partial charge in [-0.15, -0.1) is 0 Å². The van der Waals surface area contributed by atoms with Crippen molar-refractivity contribution in [3.05, 3.63) is 111 Å². The van der Waals surface area contributed by atoms with Gasteiger partial charge in [-0.3, -0.25) is 19.1 Å². The molecule has 0 unspecified atom stereocenters. The minimum Gasteiger partial charge on any atom is -0.493 e. The first-order valence-electron chi connectivity index (χ1n) is 13.5. The number of halogens is 5. The normalized spacial score (nSPS) is 11.4. The molecule has 1 N–H and O–H groups in total. The lowest BCUT2D eigenvalue weighted by Crippen LogP contribution is -2.33. The maximum absolute atomic E-state index is 15.3. The van der Waals surface area contributed by atoms with Crippen LogP contribution in [0.4, 0.5) is 27.6 Å². The molecule has 46 heavy (non-hydrogen) atoms. The molecule has 0 aliphatic carbocycles. The number of carbonyl (C=O) groups excluding carboxylic acids is 1. The van der Waals surface area contributed by atoms with Crippen LogP contribution in [-0.4, -0.2) is 41.8 Å². The van der Waals surface area contributed by atoms with Gasteiger partial charge >= 0.3 is 6.18 Å². The van der Waals surface area contributed by atoms with E-state index >= 15 is 4.39 Å². The zero-order valence-corrected chi connectivity index (χ0v) is 24.8. The Hall–Kier alpha value is -5.53. The molecule has 238 valence electrons. The van der Waals surface area contributed by atoms with Crippen molar-refractivity contribution in [1.82, 2.24) is 14.5 Å². The molecule has 0 bridgehead atoms. The number of amides is 1. The van der Waals surface area contributed by atoms with Crippen LogP contribution < -0.4 is 25.1 Å². The number of ether oxygens (including phenoxy) is 3. The van der Waals surface area contributed by atoms with Gasteiger partial charge < -0.3 is 19.5 Å². The first-order chi connectivity index (χ1) is 21.9. The van der Waals surface area contributed by atoms with Gasteiger partial charge in [-0.25, -0.2) is 13.8 Å². The van der Waals surface area contributed by atoms with E-state index in [9.17, 15) is 27.2 Å². The quantitative estimate of drug-likeness (QED) is 0.200. The topological polar surface area (TPSA) is 105 Å². The largest absolute Gasteiger partial charge is 0.493 e. The number of hydrogen-bond donors (Lipinski definition) is 1. The molecule has 0 fully saturated rings. The fourth-order valence-electron chi connectivity index (χ4n) is 4.93. The van der Waals surface area contributed by atoms with E-state index in [-0.39, 0.29) is 40.4 Å².